The molecule has 0 aliphatic rings. The number of hydrogen-bond acceptors (Lipinski definition) is 3. The van der Waals surface area contributed by atoms with E-state index < -0.39 is 7.80 Å². The Labute approximate surface area is 133 Å². The molecule has 0 fully saturated rings. The molecule has 0 aromatic heterocycles. The van der Waals surface area contributed by atoms with E-state index in [1.165, 1.54) is 0 Å². The Morgan fingerprint density at radius 3 is 1.45 bits per heavy atom. The maximum absolute atomic E-state index is 13.1. The first-order valence-corrected chi connectivity index (χ1v) is 8.96. The lowest BCUT2D eigenvalue weighted by atomic mass is 10.3. The van der Waals surface area contributed by atoms with E-state index in [1.807, 2.05) is 76.2 Å². The van der Waals surface area contributed by atoms with E-state index in [4.69, 9.17) is 9.47 Å². The molecular weight excluding hydrogens is 295 g/mol. The molecule has 22 heavy (non-hydrogen) atoms. The lowest BCUT2D eigenvalue weighted by Gasteiger charge is -2.17. The minimum atomic E-state index is -2.19. The van der Waals surface area contributed by atoms with Gasteiger partial charge in [-0.2, -0.15) is 0 Å². The molecule has 0 saturated carbocycles. The molecule has 0 spiro atoms. The predicted octanol–water partition coefficient (Wildman–Crippen LogP) is 3.77. The van der Waals surface area contributed by atoms with Crippen molar-refractivity contribution >= 4 is 18.4 Å². The van der Waals surface area contributed by atoms with Gasteiger partial charge in [-0.1, -0.05) is 24.3 Å². The molecule has 2 aromatic carbocycles. The zero-order valence-corrected chi connectivity index (χ0v) is 14.5. The van der Waals surface area contributed by atoms with Gasteiger partial charge in [-0.3, -0.25) is 0 Å². The van der Waals surface area contributed by atoms with Gasteiger partial charge in [0.05, 0.1) is 22.8 Å². The molecule has 0 aliphatic carbocycles. The fourth-order valence-corrected chi connectivity index (χ4v) is 3.68. The second-order valence-electron chi connectivity index (χ2n) is 5.65. The van der Waals surface area contributed by atoms with Gasteiger partial charge in [0.2, 0.25) is 0 Å². The molecule has 0 atom stereocenters. The van der Waals surface area contributed by atoms with E-state index >= 15 is 0 Å². The molecule has 0 amide bonds. The average Bonchev–Trinajstić information content (AvgIpc) is 2.46. The van der Waals surface area contributed by atoms with Crippen LogP contribution in [0.25, 0.3) is 0 Å². The van der Waals surface area contributed by atoms with Crippen molar-refractivity contribution in [2.24, 2.45) is 0 Å². The third-order valence-electron chi connectivity index (χ3n) is 2.99. The molecule has 2 aromatic rings. The summed E-state index contributed by atoms with van der Waals surface area (Å²) in [6, 6.07) is 15.0. The first-order valence-electron chi connectivity index (χ1n) is 7.55. The van der Waals surface area contributed by atoms with Crippen LogP contribution in [0.2, 0.25) is 0 Å². The van der Waals surface area contributed by atoms with E-state index in [0.717, 1.165) is 10.6 Å². The summed E-state index contributed by atoms with van der Waals surface area (Å²) >= 11 is 0. The van der Waals surface area contributed by atoms with E-state index in [1.54, 1.807) is 0 Å². The summed E-state index contributed by atoms with van der Waals surface area (Å²) in [4.78, 5) is 0. The highest BCUT2D eigenvalue weighted by Gasteiger charge is 2.17. The molecule has 0 radical (unpaired) electrons. The Balaban J connectivity index is 2.41. The quantitative estimate of drug-likeness (QED) is 0.761. The molecule has 0 bridgehead atoms. The van der Waals surface area contributed by atoms with Crippen LogP contribution >= 0.6 is 7.80 Å². The highest BCUT2D eigenvalue weighted by atomic mass is 31.1. The Hall–Kier alpha value is -1.73. The molecule has 0 unspecified atom stereocenters. The summed E-state index contributed by atoms with van der Waals surface area (Å²) in [6.45, 7) is 7.85. The van der Waals surface area contributed by atoms with Gasteiger partial charge < -0.3 is 14.0 Å². The zero-order chi connectivity index (χ0) is 16.1. The molecule has 3 nitrogen and oxygen atoms in total. The largest absolute Gasteiger partial charge is 0.490 e. The standard InChI is InChI=1S/C18H23O3P/c1-13(2)20-15-9-5-7-11-17(15)22(19)18-12-8-6-10-16(18)21-14(3)4/h5-14,22H,1-4H3. The van der Waals surface area contributed by atoms with Gasteiger partial charge in [-0.25, -0.2) is 0 Å². The highest BCUT2D eigenvalue weighted by Crippen LogP contribution is 2.30. The van der Waals surface area contributed by atoms with E-state index in [9.17, 15) is 4.57 Å². The Bertz CT molecular complexity index is 595. The molecular formula is C18H23O3P. The lowest BCUT2D eigenvalue weighted by molar-refractivity contribution is 0.244. The van der Waals surface area contributed by atoms with Gasteiger partial charge in [0.1, 0.15) is 19.3 Å². The summed E-state index contributed by atoms with van der Waals surface area (Å²) in [5.74, 6) is 1.36. The lowest BCUT2D eigenvalue weighted by Crippen LogP contribution is -2.17. The van der Waals surface area contributed by atoms with Crippen LogP contribution in [-0.2, 0) is 4.57 Å². The van der Waals surface area contributed by atoms with Crippen LogP contribution in [-0.4, -0.2) is 12.2 Å². The summed E-state index contributed by atoms with van der Waals surface area (Å²) in [7, 11) is -2.19. The molecule has 0 heterocycles. The first-order chi connectivity index (χ1) is 10.5. The molecule has 0 saturated heterocycles. The van der Waals surface area contributed by atoms with Crippen molar-refractivity contribution in [1.29, 1.82) is 0 Å². The number of ether oxygens (including phenoxy) is 2. The average molecular weight is 318 g/mol. The van der Waals surface area contributed by atoms with Gasteiger partial charge >= 0.3 is 0 Å². The van der Waals surface area contributed by atoms with Crippen LogP contribution in [0.5, 0.6) is 11.5 Å². The Kier molecular flexibility index (Phi) is 5.68. The van der Waals surface area contributed by atoms with Gasteiger partial charge in [-0.05, 0) is 52.0 Å². The summed E-state index contributed by atoms with van der Waals surface area (Å²) in [5, 5.41) is 1.47. The Morgan fingerprint density at radius 1 is 0.727 bits per heavy atom. The van der Waals surface area contributed by atoms with Gasteiger partial charge in [0.15, 0.2) is 0 Å². The van der Waals surface area contributed by atoms with Crippen LogP contribution in [0.15, 0.2) is 48.5 Å². The van der Waals surface area contributed by atoms with E-state index in [0.29, 0.717) is 11.5 Å². The van der Waals surface area contributed by atoms with Crippen molar-refractivity contribution in [3.8, 4) is 11.5 Å². The van der Waals surface area contributed by atoms with Crippen LogP contribution in [0.4, 0.5) is 0 Å². The predicted molar refractivity (Wildman–Crippen MR) is 92.7 cm³/mol. The Morgan fingerprint density at radius 2 is 1.09 bits per heavy atom. The van der Waals surface area contributed by atoms with Gasteiger partial charge in [0, 0.05) is 0 Å². The van der Waals surface area contributed by atoms with Crippen LogP contribution in [0.1, 0.15) is 27.7 Å². The monoisotopic (exact) mass is 318 g/mol. The topological polar surface area (TPSA) is 35.5 Å². The van der Waals surface area contributed by atoms with Gasteiger partial charge in [0.25, 0.3) is 0 Å². The van der Waals surface area contributed by atoms with Crippen molar-refractivity contribution < 1.29 is 14.0 Å². The number of para-hydroxylation sites is 2. The van der Waals surface area contributed by atoms with Crippen LogP contribution in [0.3, 0.4) is 0 Å². The molecule has 4 heteroatoms. The highest BCUT2D eigenvalue weighted by molar-refractivity contribution is 7.62. The summed E-state index contributed by atoms with van der Waals surface area (Å²) in [6.07, 6.45) is 0.0798. The van der Waals surface area contributed by atoms with E-state index in [-0.39, 0.29) is 12.2 Å². The molecule has 0 N–H and O–H groups in total. The van der Waals surface area contributed by atoms with Crippen LogP contribution in [0, 0.1) is 0 Å². The summed E-state index contributed by atoms with van der Waals surface area (Å²) < 4.78 is 24.7. The van der Waals surface area contributed by atoms with Gasteiger partial charge in [-0.15, -0.1) is 0 Å². The fourth-order valence-electron chi connectivity index (χ4n) is 2.17. The second kappa shape index (κ2) is 7.51. The van der Waals surface area contributed by atoms with Crippen molar-refractivity contribution in [1.82, 2.24) is 0 Å². The minimum Gasteiger partial charge on any atom is -0.490 e. The van der Waals surface area contributed by atoms with Crippen LogP contribution < -0.4 is 20.1 Å². The second-order valence-corrected chi connectivity index (χ2v) is 7.39. The zero-order valence-electron chi connectivity index (χ0n) is 13.5. The van der Waals surface area contributed by atoms with Crippen molar-refractivity contribution in [2.45, 2.75) is 39.9 Å². The normalized spacial score (nSPS) is 11.2. The number of benzene rings is 2. The summed E-state index contributed by atoms with van der Waals surface area (Å²) in [5.41, 5.74) is 0. The third-order valence-corrected chi connectivity index (χ3v) is 4.79. The molecule has 2 rings (SSSR count). The number of hydrogen-bond donors (Lipinski definition) is 0. The molecule has 118 valence electrons. The minimum absolute atomic E-state index is 0.0399. The van der Waals surface area contributed by atoms with Crippen molar-refractivity contribution in [2.75, 3.05) is 0 Å². The van der Waals surface area contributed by atoms with Crippen molar-refractivity contribution in [3.63, 3.8) is 0 Å². The smallest absolute Gasteiger partial charge is 0.139 e. The molecule has 0 aliphatic heterocycles. The first kappa shape index (κ1) is 16.6. The third kappa shape index (κ3) is 4.14. The maximum Gasteiger partial charge on any atom is 0.139 e. The van der Waals surface area contributed by atoms with Crippen molar-refractivity contribution in [3.05, 3.63) is 48.5 Å². The SMILES string of the molecule is CC(C)Oc1ccccc1[PH](=O)c1ccccc1OC(C)C. The van der Waals surface area contributed by atoms with E-state index in [2.05, 4.69) is 0 Å². The maximum atomic E-state index is 13.1. The number of rotatable bonds is 6. The fraction of sp³-hybridized carbons (Fsp3) is 0.333.